The molecule has 0 heterocycles. The van der Waals surface area contributed by atoms with Crippen LogP contribution in [-0.4, -0.2) is 23.7 Å². The number of hydrogen-bond acceptors (Lipinski definition) is 1. The molecule has 0 amide bonds. The molecule has 90 valence electrons. The second kappa shape index (κ2) is 6.50. The van der Waals surface area contributed by atoms with Gasteiger partial charge in [-0.05, 0) is 29.7 Å². The van der Waals surface area contributed by atoms with E-state index < -0.39 is 0 Å². The zero-order chi connectivity index (χ0) is 12.6. The van der Waals surface area contributed by atoms with E-state index in [1.165, 1.54) is 0 Å². The first-order valence-electron chi connectivity index (χ1n) is 6.14. The molecule has 2 aromatic carbocycles. The molecule has 2 nitrogen and oxygen atoms in total. The molecule has 0 unspecified atom stereocenters. The summed E-state index contributed by atoms with van der Waals surface area (Å²) in [5, 5.41) is 4.46. The van der Waals surface area contributed by atoms with Gasteiger partial charge in [-0.1, -0.05) is 53.2 Å². The van der Waals surface area contributed by atoms with Crippen molar-refractivity contribution in [2.24, 2.45) is 5.10 Å². The largest absolute Gasteiger partial charge is 0.203 e. The molecule has 0 saturated heterocycles. The maximum Gasteiger partial charge on any atom is 0.203 e. The summed E-state index contributed by atoms with van der Waals surface area (Å²) in [7, 11) is 0. The van der Waals surface area contributed by atoms with Crippen molar-refractivity contribution in [3.05, 3.63) is 71.8 Å². The van der Waals surface area contributed by atoms with Crippen LogP contribution in [0.4, 0.5) is 0 Å². The number of nitrogens with zero attached hydrogens (tertiary/aromatic N) is 2. The summed E-state index contributed by atoms with van der Waals surface area (Å²) in [6.07, 6.45) is 3.92. The minimum absolute atomic E-state index is 0.845. The topological polar surface area (TPSA) is 15.4 Å². The van der Waals surface area contributed by atoms with E-state index in [0.29, 0.717) is 0 Å². The van der Waals surface area contributed by atoms with Gasteiger partial charge in [0.25, 0.3) is 0 Å². The van der Waals surface area contributed by atoms with E-state index in [1.807, 2.05) is 65.6 Å². The van der Waals surface area contributed by atoms with Gasteiger partial charge in [0.15, 0.2) is 6.54 Å². The summed E-state index contributed by atoms with van der Waals surface area (Å²) in [4.78, 5) is 0. The molecule has 0 N–H and O–H groups in total. The van der Waals surface area contributed by atoms with Crippen LogP contribution >= 0.6 is 0 Å². The van der Waals surface area contributed by atoms with E-state index in [0.717, 1.165) is 17.7 Å². The summed E-state index contributed by atoms with van der Waals surface area (Å²) in [5.74, 6) is 0. The minimum Gasteiger partial charge on any atom is -0.0909 e. The second-order valence-corrected chi connectivity index (χ2v) is 3.95. The Morgan fingerprint density at radius 2 is 1.44 bits per heavy atom. The fourth-order valence-electron chi connectivity index (χ4n) is 1.60. The van der Waals surface area contributed by atoms with Gasteiger partial charge in [0, 0.05) is 5.56 Å². The van der Waals surface area contributed by atoms with Crippen LogP contribution in [-0.2, 0) is 0 Å². The summed E-state index contributed by atoms with van der Waals surface area (Å²) < 4.78 is 1.93. The quantitative estimate of drug-likeness (QED) is 0.441. The molecule has 2 rings (SSSR count). The standard InChI is InChI=1S/C16H17N2/c1-2-18(14-16-11-7-4-8-12-16)17-13-15-9-5-3-6-10-15/h3-14H,2H2,1H3/q+1. The van der Waals surface area contributed by atoms with Crippen LogP contribution in [0.3, 0.4) is 0 Å². The van der Waals surface area contributed by atoms with Gasteiger partial charge in [0.1, 0.15) is 6.21 Å². The van der Waals surface area contributed by atoms with Gasteiger partial charge in [-0.15, -0.1) is 0 Å². The predicted octanol–water partition coefficient (Wildman–Crippen LogP) is 3.17. The Hall–Kier alpha value is -2.22. The van der Waals surface area contributed by atoms with Gasteiger partial charge < -0.3 is 0 Å². The van der Waals surface area contributed by atoms with Crippen molar-refractivity contribution in [2.45, 2.75) is 6.92 Å². The Bertz CT molecular complexity index is 528. The number of benzene rings is 2. The van der Waals surface area contributed by atoms with Crippen molar-refractivity contribution in [2.75, 3.05) is 6.54 Å². The average molecular weight is 237 g/mol. The zero-order valence-electron chi connectivity index (χ0n) is 10.5. The van der Waals surface area contributed by atoms with E-state index >= 15 is 0 Å². The molecule has 0 aliphatic heterocycles. The van der Waals surface area contributed by atoms with E-state index in [9.17, 15) is 0 Å². The zero-order valence-corrected chi connectivity index (χ0v) is 10.5. The number of hydrazone groups is 1. The molecule has 0 atom stereocenters. The first kappa shape index (κ1) is 12.2. The highest BCUT2D eigenvalue weighted by Gasteiger charge is 1.98. The van der Waals surface area contributed by atoms with E-state index in [1.54, 1.807) is 0 Å². The van der Waals surface area contributed by atoms with Gasteiger partial charge >= 0.3 is 0 Å². The molecule has 0 spiro atoms. The van der Waals surface area contributed by atoms with Crippen LogP contribution in [0.2, 0.25) is 0 Å². The summed E-state index contributed by atoms with van der Waals surface area (Å²) in [5.41, 5.74) is 2.27. The monoisotopic (exact) mass is 237 g/mol. The third-order valence-electron chi connectivity index (χ3n) is 2.58. The maximum absolute atomic E-state index is 4.46. The minimum atomic E-state index is 0.845. The SMILES string of the molecule is CC[N+](=Cc1ccccc1)N=Cc1ccccc1. The van der Waals surface area contributed by atoms with Crippen LogP contribution in [0, 0.1) is 0 Å². The number of rotatable bonds is 4. The molecule has 2 aromatic rings. The van der Waals surface area contributed by atoms with Crippen LogP contribution in [0.25, 0.3) is 0 Å². The highest BCUT2D eigenvalue weighted by Crippen LogP contribution is 1.96. The number of hydrogen-bond donors (Lipinski definition) is 0. The van der Waals surface area contributed by atoms with Crippen LogP contribution in [0.1, 0.15) is 18.1 Å². The highest BCUT2D eigenvalue weighted by atomic mass is 15.4. The molecular formula is C16H17N2+. The molecule has 0 bridgehead atoms. The molecule has 0 aliphatic carbocycles. The maximum atomic E-state index is 4.46. The summed E-state index contributed by atoms with van der Waals surface area (Å²) >= 11 is 0. The molecule has 2 heteroatoms. The van der Waals surface area contributed by atoms with E-state index in [-0.39, 0.29) is 0 Å². The predicted molar refractivity (Wildman–Crippen MR) is 76.4 cm³/mol. The van der Waals surface area contributed by atoms with Crippen molar-refractivity contribution >= 4 is 12.4 Å². The fourth-order valence-corrected chi connectivity index (χ4v) is 1.60. The molecule has 0 aliphatic rings. The van der Waals surface area contributed by atoms with Crippen LogP contribution in [0.5, 0.6) is 0 Å². The molecule has 18 heavy (non-hydrogen) atoms. The van der Waals surface area contributed by atoms with Gasteiger partial charge in [-0.2, -0.15) is 0 Å². The summed E-state index contributed by atoms with van der Waals surface area (Å²) in [6.45, 7) is 2.93. The van der Waals surface area contributed by atoms with E-state index in [2.05, 4.69) is 24.2 Å². The molecule has 0 saturated carbocycles. The Morgan fingerprint density at radius 1 is 0.889 bits per heavy atom. The van der Waals surface area contributed by atoms with Gasteiger partial charge in [-0.3, -0.25) is 0 Å². The van der Waals surface area contributed by atoms with Crippen LogP contribution < -0.4 is 0 Å². The lowest BCUT2D eigenvalue weighted by atomic mass is 10.2. The van der Waals surface area contributed by atoms with Crippen LogP contribution in [0.15, 0.2) is 65.8 Å². The smallest absolute Gasteiger partial charge is 0.0909 e. The van der Waals surface area contributed by atoms with Gasteiger partial charge in [0.05, 0.1) is 0 Å². The molecular weight excluding hydrogens is 220 g/mol. The Morgan fingerprint density at radius 3 is 2.00 bits per heavy atom. The van der Waals surface area contributed by atoms with Crippen molar-refractivity contribution < 1.29 is 4.68 Å². The first-order chi connectivity index (χ1) is 8.88. The highest BCUT2D eigenvalue weighted by molar-refractivity contribution is 5.79. The van der Waals surface area contributed by atoms with Gasteiger partial charge in [-0.25, -0.2) is 0 Å². The van der Waals surface area contributed by atoms with Crippen molar-refractivity contribution in [1.29, 1.82) is 0 Å². The molecule has 0 radical (unpaired) electrons. The van der Waals surface area contributed by atoms with Crippen molar-refractivity contribution in [3.8, 4) is 0 Å². The average Bonchev–Trinajstić information content (AvgIpc) is 2.45. The summed E-state index contributed by atoms with van der Waals surface area (Å²) in [6, 6.07) is 20.3. The van der Waals surface area contributed by atoms with Crippen molar-refractivity contribution in [1.82, 2.24) is 0 Å². The van der Waals surface area contributed by atoms with E-state index in [4.69, 9.17) is 0 Å². The Kier molecular flexibility index (Phi) is 4.42. The lowest BCUT2D eigenvalue weighted by molar-refractivity contribution is -0.524. The lowest BCUT2D eigenvalue weighted by Crippen LogP contribution is -2.06. The van der Waals surface area contributed by atoms with Gasteiger partial charge in [0.2, 0.25) is 6.21 Å². The normalized spacial score (nSPS) is 11.9. The Labute approximate surface area is 108 Å². The molecule has 0 aromatic heterocycles. The first-order valence-corrected chi connectivity index (χ1v) is 6.14. The lowest BCUT2D eigenvalue weighted by Gasteiger charge is -1.92. The molecule has 0 fully saturated rings. The Balaban J connectivity index is 2.15. The second-order valence-electron chi connectivity index (χ2n) is 3.95. The fraction of sp³-hybridized carbons (Fsp3) is 0.125. The third kappa shape index (κ3) is 3.67. The van der Waals surface area contributed by atoms with Crippen molar-refractivity contribution in [3.63, 3.8) is 0 Å². The third-order valence-corrected chi connectivity index (χ3v) is 2.58.